The summed E-state index contributed by atoms with van der Waals surface area (Å²) in [5.41, 5.74) is 0.192. The number of non-ortho nitro benzene ring substituents is 1. The van der Waals surface area contributed by atoms with Crippen LogP contribution in [0.5, 0.6) is 11.5 Å². The number of hydrogen-bond donors (Lipinski definition) is 0. The van der Waals surface area contributed by atoms with Gasteiger partial charge in [-0.05, 0) is 28.7 Å². The maximum Gasteiger partial charge on any atom is 0.299 e. The van der Waals surface area contributed by atoms with Crippen molar-refractivity contribution < 1.29 is 14.4 Å². The van der Waals surface area contributed by atoms with E-state index in [1.165, 1.54) is 20.3 Å². The van der Waals surface area contributed by atoms with E-state index in [-0.39, 0.29) is 11.2 Å². The zero-order valence-electron chi connectivity index (χ0n) is 9.64. The quantitative estimate of drug-likeness (QED) is 0.478. The molecule has 0 aliphatic rings. The Labute approximate surface area is 116 Å². The number of nitrogens with zero attached hydrogens (tertiary/aromatic N) is 2. The highest BCUT2D eigenvalue weighted by Gasteiger charge is 2.21. The smallest absolute Gasteiger partial charge is 0.299 e. The van der Waals surface area contributed by atoms with Crippen molar-refractivity contribution in [2.45, 2.75) is 0 Å². The Morgan fingerprint density at radius 2 is 2.06 bits per heavy atom. The number of fused-ring (bicyclic) bond motifs is 1. The van der Waals surface area contributed by atoms with Gasteiger partial charge >= 0.3 is 0 Å². The molecule has 0 amide bonds. The van der Waals surface area contributed by atoms with Crippen LogP contribution in [0.3, 0.4) is 0 Å². The predicted octanol–water partition coefficient (Wildman–Crippen LogP) is 2.76. The number of aromatic nitrogens is 1. The first-order valence-electron chi connectivity index (χ1n) is 4.93. The van der Waals surface area contributed by atoms with Crippen LogP contribution in [-0.2, 0) is 0 Å². The van der Waals surface area contributed by atoms with Crippen LogP contribution in [0, 0.1) is 13.7 Å². The Hall–Kier alpha value is -1.64. The minimum Gasteiger partial charge on any atom is -0.493 e. The first-order valence-corrected chi connectivity index (χ1v) is 6.01. The van der Waals surface area contributed by atoms with Gasteiger partial charge in [-0.15, -0.1) is 0 Å². The van der Waals surface area contributed by atoms with Crippen molar-refractivity contribution in [1.29, 1.82) is 0 Å². The van der Waals surface area contributed by atoms with E-state index in [4.69, 9.17) is 9.47 Å². The summed E-state index contributed by atoms with van der Waals surface area (Å²) in [7, 11) is 2.93. The lowest BCUT2D eigenvalue weighted by molar-refractivity contribution is -0.383. The first kappa shape index (κ1) is 12.8. The molecule has 0 saturated carbocycles. The Morgan fingerprint density at radius 3 is 2.61 bits per heavy atom. The molecule has 7 heteroatoms. The third-order valence-corrected chi connectivity index (χ3v) is 3.04. The van der Waals surface area contributed by atoms with Crippen molar-refractivity contribution >= 4 is 39.2 Å². The molecule has 0 fully saturated rings. The molecular formula is C11H9IN2O4. The van der Waals surface area contributed by atoms with E-state index >= 15 is 0 Å². The molecule has 0 N–H and O–H groups in total. The summed E-state index contributed by atoms with van der Waals surface area (Å²) in [6.45, 7) is 0. The number of pyridine rings is 1. The molecule has 0 aliphatic heterocycles. The highest BCUT2D eigenvalue weighted by atomic mass is 127. The third-order valence-electron chi connectivity index (χ3n) is 2.45. The van der Waals surface area contributed by atoms with Crippen molar-refractivity contribution in [2.75, 3.05) is 14.2 Å². The summed E-state index contributed by atoms with van der Waals surface area (Å²) < 4.78 is 11.2. The number of methoxy groups -OCH3 is 2. The van der Waals surface area contributed by atoms with E-state index in [0.717, 1.165) is 3.57 Å². The lowest BCUT2D eigenvalue weighted by Crippen LogP contribution is -1.98. The highest BCUT2D eigenvalue weighted by molar-refractivity contribution is 14.1. The summed E-state index contributed by atoms with van der Waals surface area (Å²) in [6.07, 6.45) is 1.57. The highest BCUT2D eigenvalue weighted by Crippen LogP contribution is 2.40. The van der Waals surface area contributed by atoms with Gasteiger partial charge in [-0.25, -0.2) is 4.98 Å². The van der Waals surface area contributed by atoms with Crippen LogP contribution in [0.1, 0.15) is 0 Å². The van der Waals surface area contributed by atoms with Crippen molar-refractivity contribution in [2.24, 2.45) is 0 Å². The van der Waals surface area contributed by atoms with Gasteiger partial charge < -0.3 is 9.47 Å². The van der Waals surface area contributed by atoms with E-state index in [9.17, 15) is 10.1 Å². The summed E-state index contributed by atoms with van der Waals surface area (Å²) in [5.74, 6) is 0.768. The third kappa shape index (κ3) is 2.05. The van der Waals surface area contributed by atoms with Crippen LogP contribution in [0.4, 0.5) is 5.69 Å². The molecule has 0 bridgehead atoms. The van der Waals surface area contributed by atoms with Crippen LogP contribution >= 0.6 is 22.6 Å². The lowest BCUT2D eigenvalue weighted by Gasteiger charge is -2.10. The summed E-state index contributed by atoms with van der Waals surface area (Å²) in [6, 6.07) is 3.10. The minimum absolute atomic E-state index is 0.0981. The van der Waals surface area contributed by atoms with Crippen LogP contribution in [0.2, 0.25) is 0 Å². The van der Waals surface area contributed by atoms with Gasteiger partial charge in [0.15, 0.2) is 17.0 Å². The predicted molar refractivity (Wildman–Crippen MR) is 74.2 cm³/mol. The Bertz CT molecular complexity index is 630. The second-order valence-electron chi connectivity index (χ2n) is 3.44. The monoisotopic (exact) mass is 360 g/mol. The maximum absolute atomic E-state index is 11.0. The molecular weight excluding hydrogens is 351 g/mol. The average Bonchev–Trinajstić information content (AvgIpc) is 2.36. The van der Waals surface area contributed by atoms with Crippen LogP contribution in [-0.4, -0.2) is 24.1 Å². The summed E-state index contributed by atoms with van der Waals surface area (Å²) in [5, 5.41) is 11.6. The largest absolute Gasteiger partial charge is 0.493 e. The molecule has 0 spiro atoms. The number of benzene rings is 1. The lowest BCUT2D eigenvalue weighted by atomic mass is 10.1. The van der Waals surface area contributed by atoms with E-state index in [2.05, 4.69) is 27.6 Å². The molecule has 0 saturated heterocycles. The van der Waals surface area contributed by atoms with Crippen molar-refractivity contribution in [3.05, 3.63) is 32.0 Å². The van der Waals surface area contributed by atoms with Crippen molar-refractivity contribution in [3.8, 4) is 11.5 Å². The zero-order valence-corrected chi connectivity index (χ0v) is 11.8. The zero-order chi connectivity index (χ0) is 13.3. The molecule has 2 aromatic rings. The van der Waals surface area contributed by atoms with Gasteiger partial charge in [-0.3, -0.25) is 10.1 Å². The maximum atomic E-state index is 11.0. The van der Waals surface area contributed by atoms with Gasteiger partial charge in [0.2, 0.25) is 0 Å². The second kappa shape index (κ2) is 4.92. The fourth-order valence-corrected chi connectivity index (χ4v) is 2.16. The Kier molecular flexibility index (Phi) is 3.50. The molecule has 0 radical (unpaired) electrons. The molecule has 6 nitrogen and oxygen atoms in total. The molecule has 1 aromatic carbocycles. The molecule has 2 rings (SSSR count). The number of hydrogen-bond acceptors (Lipinski definition) is 5. The van der Waals surface area contributed by atoms with Crippen LogP contribution < -0.4 is 9.47 Å². The molecule has 1 aromatic heterocycles. The van der Waals surface area contributed by atoms with Crippen molar-refractivity contribution in [1.82, 2.24) is 4.98 Å². The number of nitro benzene ring substituents is 1. The molecule has 0 aliphatic carbocycles. The van der Waals surface area contributed by atoms with Crippen LogP contribution in [0.15, 0.2) is 18.3 Å². The van der Waals surface area contributed by atoms with Gasteiger partial charge in [-0.1, -0.05) is 0 Å². The number of rotatable bonds is 3. The molecule has 94 valence electrons. The molecule has 0 unspecified atom stereocenters. The van der Waals surface area contributed by atoms with E-state index < -0.39 is 4.92 Å². The van der Waals surface area contributed by atoms with E-state index in [1.807, 2.05) is 0 Å². The first-order chi connectivity index (χ1) is 8.58. The van der Waals surface area contributed by atoms with Gasteiger partial charge in [0.1, 0.15) is 0 Å². The Balaban J connectivity index is 2.92. The number of ether oxygens (including phenoxy) is 2. The van der Waals surface area contributed by atoms with Gasteiger partial charge in [-0.2, -0.15) is 0 Å². The topological polar surface area (TPSA) is 74.5 Å². The second-order valence-corrected chi connectivity index (χ2v) is 4.68. The summed E-state index contributed by atoms with van der Waals surface area (Å²) in [4.78, 5) is 14.7. The van der Waals surface area contributed by atoms with E-state index in [1.54, 1.807) is 12.3 Å². The fourth-order valence-electron chi connectivity index (χ4n) is 1.71. The molecule has 1 heterocycles. The van der Waals surface area contributed by atoms with Gasteiger partial charge in [0, 0.05) is 9.77 Å². The van der Waals surface area contributed by atoms with Crippen LogP contribution in [0.25, 0.3) is 10.9 Å². The minimum atomic E-state index is -0.482. The fraction of sp³-hybridized carbons (Fsp3) is 0.182. The number of nitro groups is 1. The van der Waals surface area contributed by atoms with Gasteiger partial charge in [0.05, 0.1) is 30.6 Å². The SMILES string of the molecule is COc1cc([N+](=O)[O-])c2ncc(I)cc2c1OC. The van der Waals surface area contributed by atoms with Gasteiger partial charge in [0.25, 0.3) is 5.69 Å². The average molecular weight is 360 g/mol. The normalized spacial score (nSPS) is 10.4. The number of halogens is 1. The van der Waals surface area contributed by atoms with E-state index in [0.29, 0.717) is 16.9 Å². The standard InChI is InChI=1S/C11H9IN2O4/c1-17-9-4-8(14(15)16)10-7(11(9)18-2)3-6(12)5-13-10/h3-5H,1-2H3. The molecule has 18 heavy (non-hydrogen) atoms. The Morgan fingerprint density at radius 1 is 1.33 bits per heavy atom. The summed E-state index contributed by atoms with van der Waals surface area (Å²) >= 11 is 2.09. The van der Waals surface area contributed by atoms with Crippen molar-refractivity contribution in [3.63, 3.8) is 0 Å². The molecule has 0 atom stereocenters.